The van der Waals surface area contributed by atoms with Crippen molar-refractivity contribution in [3.63, 3.8) is 0 Å². The first-order valence-electron chi connectivity index (χ1n) is 9.09. The highest BCUT2D eigenvalue weighted by molar-refractivity contribution is 6.32. The molecule has 2 aromatic carbocycles. The van der Waals surface area contributed by atoms with Gasteiger partial charge in [-0.25, -0.2) is 4.79 Å². The van der Waals surface area contributed by atoms with Gasteiger partial charge in [0.2, 0.25) is 0 Å². The highest BCUT2D eigenvalue weighted by Gasteiger charge is 2.16. The summed E-state index contributed by atoms with van der Waals surface area (Å²) in [6, 6.07) is 10.7. The summed E-state index contributed by atoms with van der Waals surface area (Å²) < 4.78 is 11.1. The Morgan fingerprint density at radius 2 is 2.07 bits per heavy atom. The van der Waals surface area contributed by atoms with Crippen LogP contribution >= 0.6 is 11.6 Å². The second kappa shape index (κ2) is 10.3. The number of methoxy groups -OCH3 is 1. The second-order valence-corrected chi connectivity index (χ2v) is 6.79. The molecule has 8 heteroatoms. The number of hydrogen-bond donors (Lipinski definition) is 2. The summed E-state index contributed by atoms with van der Waals surface area (Å²) in [7, 11) is 1.47. The lowest BCUT2D eigenvalue weighted by atomic mass is 10.1. The molecule has 2 N–H and O–H groups in total. The number of nitrogens with zero attached hydrogens (tertiary/aromatic N) is 1. The third-order valence-corrected chi connectivity index (χ3v) is 4.47. The quantitative estimate of drug-likeness (QED) is 0.463. The predicted molar refractivity (Wildman–Crippen MR) is 114 cm³/mol. The van der Waals surface area contributed by atoms with Gasteiger partial charge in [-0.1, -0.05) is 24.6 Å². The van der Waals surface area contributed by atoms with Gasteiger partial charge in [0, 0.05) is 5.69 Å². The molecule has 30 heavy (non-hydrogen) atoms. The van der Waals surface area contributed by atoms with Crippen LogP contribution in [0.4, 0.5) is 5.69 Å². The van der Waals surface area contributed by atoms with Crippen molar-refractivity contribution in [2.45, 2.75) is 26.4 Å². The molecule has 7 nitrogen and oxygen atoms in total. The van der Waals surface area contributed by atoms with Gasteiger partial charge in [0.25, 0.3) is 5.91 Å². The number of ether oxygens (including phenoxy) is 2. The van der Waals surface area contributed by atoms with E-state index in [1.54, 1.807) is 12.1 Å². The molecule has 0 aliphatic heterocycles. The first-order valence-corrected chi connectivity index (χ1v) is 9.47. The second-order valence-electron chi connectivity index (χ2n) is 6.38. The van der Waals surface area contributed by atoms with Crippen molar-refractivity contribution in [1.82, 2.24) is 0 Å². The molecule has 0 spiro atoms. The molecule has 0 saturated heterocycles. The summed E-state index contributed by atoms with van der Waals surface area (Å²) in [6.07, 6.45) is 2.07. The molecule has 2 rings (SSSR count). The van der Waals surface area contributed by atoms with Crippen LogP contribution in [0.2, 0.25) is 5.02 Å². The smallest absolute Gasteiger partial charge is 0.335 e. The van der Waals surface area contributed by atoms with Crippen LogP contribution in [-0.4, -0.2) is 30.2 Å². The Morgan fingerprint density at radius 1 is 1.33 bits per heavy atom. The molecule has 0 aliphatic rings. The lowest BCUT2D eigenvalue weighted by Crippen LogP contribution is -2.14. The number of rotatable bonds is 8. The van der Waals surface area contributed by atoms with Crippen LogP contribution in [0.3, 0.4) is 0 Å². The first-order chi connectivity index (χ1) is 14.3. The van der Waals surface area contributed by atoms with Gasteiger partial charge in [-0.2, -0.15) is 5.26 Å². The average Bonchev–Trinajstić information content (AvgIpc) is 2.73. The number of nitrogens with one attached hydrogen (secondary N) is 1. The van der Waals surface area contributed by atoms with Crippen LogP contribution in [0.1, 0.15) is 36.2 Å². The number of benzene rings is 2. The third kappa shape index (κ3) is 5.75. The molecule has 1 atom stereocenters. The van der Waals surface area contributed by atoms with Crippen LogP contribution in [-0.2, 0) is 4.79 Å². The monoisotopic (exact) mass is 428 g/mol. The van der Waals surface area contributed by atoms with Gasteiger partial charge in [-0.3, -0.25) is 4.79 Å². The fourth-order valence-electron chi connectivity index (χ4n) is 2.47. The summed E-state index contributed by atoms with van der Waals surface area (Å²) in [4.78, 5) is 23.5. The molecule has 2 aromatic rings. The fraction of sp³-hybridized carbons (Fsp3) is 0.227. The van der Waals surface area contributed by atoms with E-state index in [1.165, 1.54) is 37.5 Å². The first kappa shape index (κ1) is 22.8. The number of hydrogen-bond acceptors (Lipinski definition) is 5. The maximum absolute atomic E-state index is 12.5. The van der Waals surface area contributed by atoms with Crippen LogP contribution in [0.5, 0.6) is 11.5 Å². The zero-order valence-electron chi connectivity index (χ0n) is 16.7. The van der Waals surface area contributed by atoms with Crippen LogP contribution in [0.15, 0.2) is 42.0 Å². The summed E-state index contributed by atoms with van der Waals surface area (Å²) in [5.74, 6) is -1.04. The molecule has 0 fully saturated rings. The van der Waals surface area contributed by atoms with E-state index in [4.69, 9.17) is 26.2 Å². The maximum Gasteiger partial charge on any atom is 0.335 e. The van der Waals surface area contributed by atoms with E-state index in [9.17, 15) is 14.9 Å². The number of carbonyl (C=O) groups excluding carboxylic acids is 1. The summed E-state index contributed by atoms with van der Waals surface area (Å²) in [6.45, 7) is 3.88. The Kier molecular flexibility index (Phi) is 7.84. The van der Waals surface area contributed by atoms with Gasteiger partial charge < -0.3 is 19.9 Å². The van der Waals surface area contributed by atoms with E-state index >= 15 is 0 Å². The van der Waals surface area contributed by atoms with Crippen LogP contribution < -0.4 is 14.8 Å². The standard InChI is InChI=1S/C22H21ClN2O5/c1-4-13(2)30-20-18(23)9-14(10-19(20)29-3)8-16(12-24)21(26)25-17-7-5-6-15(11-17)22(27)28/h5-11,13H,4H2,1-3H3,(H,25,26)(H,27,28). The van der Waals surface area contributed by atoms with E-state index in [2.05, 4.69) is 5.32 Å². The normalized spacial score (nSPS) is 11.9. The molecule has 0 saturated carbocycles. The molecule has 156 valence electrons. The lowest BCUT2D eigenvalue weighted by molar-refractivity contribution is -0.112. The third-order valence-electron chi connectivity index (χ3n) is 4.19. The number of anilines is 1. The number of carboxylic acid groups (broad SMARTS) is 1. The minimum absolute atomic E-state index is 0.0173. The zero-order valence-corrected chi connectivity index (χ0v) is 17.5. The number of nitriles is 1. The number of aromatic carboxylic acids is 1. The lowest BCUT2D eigenvalue weighted by Gasteiger charge is -2.17. The summed E-state index contributed by atoms with van der Waals surface area (Å²) in [5.41, 5.74) is 0.557. The van der Waals surface area contributed by atoms with Crippen LogP contribution in [0.25, 0.3) is 6.08 Å². The van der Waals surface area contributed by atoms with Crippen molar-refractivity contribution in [2.75, 3.05) is 12.4 Å². The predicted octanol–water partition coefficient (Wildman–Crippen LogP) is 4.77. The van der Waals surface area contributed by atoms with Crippen molar-refractivity contribution in [2.24, 2.45) is 0 Å². The van der Waals surface area contributed by atoms with Crippen molar-refractivity contribution >= 4 is 35.2 Å². The molecule has 0 heterocycles. The van der Waals surface area contributed by atoms with Gasteiger partial charge in [0.1, 0.15) is 11.6 Å². The van der Waals surface area contributed by atoms with E-state index < -0.39 is 11.9 Å². The molecule has 0 aliphatic carbocycles. The molecular weight excluding hydrogens is 408 g/mol. The Labute approximate surface area is 179 Å². The molecule has 0 radical (unpaired) electrons. The van der Waals surface area contributed by atoms with E-state index in [0.29, 0.717) is 17.1 Å². The topological polar surface area (TPSA) is 109 Å². The zero-order chi connectivity index (χ0) is 22.3. The Morgan fingerprint density at radius 3 is 2.67 bits per heavy atom. The highest BCUT2D eigenvalue weighted by Crippen LogP contribution is 2.38. The van der Waals surface area contributed by atoms with E-state index in [1.807, 2.05) is 19.9 Å². The van der Waals surface area contributed by atoms with E-state index in [-0.39, 0.29) is 28.0 Å². The fourth-order valence-corrected chi connectivity index (χ4v) is 2.73. The van der Waals surface area contributed by atoms with Gasteiger partial charge in [-0.15, -0.1) is 0 Å². The Bertz CT molecular complexity index is 1030. The SMILES string of the molecule is CCC(C)Oc1c(Cl)cc(C=C(C#N)C(=O)Nc2cccc(C(=O)O)c2)cc1OC. The minimum atomic E-state index is -1.12. The van der Waals surface area contributed by atoms with E-state index in [0.717, 1.165) is 6.42 Å². The average molecular weight is 429 g/mol. The van der Waals surface area contributed by atoms with Crippen LogP contribution in [0, 0.1) is 11.3 Å². The number of halogens is 1. The van der Waals surface area contributed by atoms with Crippen molar-refractivity contribution in [3.05, 3.63) is 58.1 Å². The van der Waals surface area contributed by atoms with Crippen molar-refractivity contribution in [3.8, 4) is 17.6 Å². The highest BCUT2D eigenvalue weighted by atomic mass is 35.5. The summed E-state index contributed by atoms with van der Waals surface area (Å²) in [5, 5.41) is 21.3. The minimum Gasteiger partial charge on any atom is -0.493 e. The Balaban J connectivity index is 2.32. The van der Waals surface area contributed by atoms with Crippen molar-refractivity contribution < 1.29 is 24.2 Å². The molecule has 0 bridgehead atoms. The molecule has 1 amide bonds. The van der Waals surface area contributed by atoms with Gasteiger partial charge in [-0.05, 0) is 55.3 Å². The number of carboxylic acids is 1. The van der Waals surface area contributed by atoms with Gasteiger partial charge in [0.05, 0.1) is 23.8 Å². The molecule has 0 aromatic heterocycles. The number of carbonyl (C=O) groups is 2. The Hall–Kier alpha value is -3.50. The molecule has 1 unspecified atom stereocenters. The maximum atomic E-state index is 12.5. The molecular formula is C22H21ClN2O5. The summed E-state index contributed by atoms with van der Waals surface area (Å²) >= 11 is 6.32. The van der Waals surface area contributed by atoms with Gasteiger partial charge >= 0.3 is 5.97 Å². The number of amides is 1. The largest absolute Gasteiger partial charge is 0.493 e. The van der Waals surface area contributed by atoms with Crippen molar-refractivity contribution in [1.29, 1.82) is 5.26 Å². The van der Waals surface area contributed by atoms with Gasteiger partial charge in [0.15, 0.2) is 11.5 Å².